The predicted octanol–water partition coefficient (Wildman–Crippen LogP) is 1.98. The zero-order valence-corrected chi connectivity index (χ0v) is 14.5. The zero-order valence-electron chi connectivity index (χ0n) is 13.7. The number of rotatable bonds is 9. The number of hydrogen-bond donors (Lipinski definition) is 2. The molecular weight excluding hydrogens is 316 g/mol. The van der Waals surface area contributed by atoms with Crippen LogP contribution in [0, 0.1) is 0 Å². The number of unbranched alkanes of at least 4 members (excludes halogenated alkanes) is 4. The molecule has 2 aliphatic rings. The second-order valence-corrected chi connectivity index (χ2v) is 7.97. The summed E-state index contributed by atoms with van der Waals surface area (Å²) in [6.45, 7) is 2.67. The lowest BCUT2D eigenvalue weighted by molar-refractivity contribution is -0.137. The molecule has 2 heterocycles. The first-order valence-electron chi connectivity index (χ1n) is 8.40. The summed E-state index contributed by atoms with van der Waals surface area (Å²) in [5.41, 5.74) is 0. The summed E-state index contributed by atoms with van der Waals surface area (Å²) in [4.78, 5) is 36.3. The second-order valence-electron chi connectivity index (χ2n) is 6.47. The van der Waals surface area contributed by atoms with Crippen molar-refractivity contribution in [3.05, 3.63) is 0 Å². The summed E-state index contributed by atoms with van der Waals surface area (Å²) in [5.74, 6) is -0.00270. The molecule has 6 nitrogen and oxygen atoms in total. The van der Waals surface area contributed by atoms with Crippen molar-refractivity contribution in [3.8, 4) is 0 Å². The van der Waals surface area contributed by atoms with Crippen LogP contribution in [0.1, 0.15) is 58.3 Å². The van der Waals surface area contributed by atoms with Gasteiger partial charge in [0.25, 0.3) is 0 Å². The number of carbonyl (C=O) groups is 3. The number of carboxylic acid groups (broad SMARTS) is 1. The van der Waals surface area contributed by atoms with E-state index < -0.39 is 5.97 Å². The smallest absolute Gasteiger partial charge is 0.303 e. The minimum Gasteiger partial charge on any atom is -0.481 e. The molecule has 130 valence electrons. The van der Waals surface area contributed by atoms with Crippen LogP contribution < -0.4 is 5.32 Å². The molecule has 2 aliphatic heterocycles. The number of carbonyl (C=O) groups excluding carboxylic acids is 2. The maximum atomic E-state index is 12.3. The summed E-state index contributed by atoms with van der Waals surface area (Å²) in [6.07, 6.45) is 6.12. The monoisotopic (exact) mass is 342 g/mol. The fourth-order valence-corrected chi connectivity index (χ4v) is 4.71. The van der Waals surface area contributed by atoms with Gasteiger partial charge in [-0.15, -0.1) is 11.8 Å². The van der Waals surface area contributed by atoms with Crippen molar-refractivity contribution in [2.24, 2.45) is 0 Å². The van der Waals surface area contributed by atoms with E-state index in [9.17, 15) is 14.4 Å². The summed E-state index contributed by atoms with van der Waals surface area (Å²) in [5, 5.41) is 11.5. The van der Waals surface area contributed by atoms with Gasteiger partial charge in [-0.05, 0) is 26.2 Å². The first kappa shape index (κ1) is 18.1. The Kier molecular flexibility index (Phi) is 6.33. The van der Waals surface area contributed by atoms with Crippen molar-refractivity contribution in [1.29, 1.82) is 0 Å². The van der Waals surface area contributed by atoms with Crippen LogP contribution in [0.2, 0.25) is 0 Å². The highest BCUT2D eigenvalue weighted by Crippen LogP contribution is 2.47. The van der Waals surface area contributed by atoms with Gasteiger partial charge < -0.3 is 15.3 Å². The van der Waals surface area contributed by atoms with Crippen LogP contribution in [0.15, 0.2) is 0 Å². The standard InChI is InChI=1S/C16H26N2O4S/c1-16-9-8-13(19)18(16)12(11-23-16)15(22)17-10-6-4-2-3-5-7-14(20)21/h12H,2-11H2,1H3,(H,17,22)(H,20,21). The van der Waals surface area contributed by atoms with Gasteiger partial charge in [0.2, 0.25) is 11.8 Å². The molecule has 2 N–H and O–H groups in total. The van der Waals surface area contributed by atoms with Crippen LogP contribution >= 0.6 is 11.8 Å². The Morgan fingerprint density at radius 1 is 1.30 bits per heavy atom. The molecule has 0 spiro atoms. The van der Waals surface area contributed by atoms with Gasteiger partial charge in [0, 0.05) is 25.1 Å². The first-order chi connectivity index (χ1) is 10.9. The molecule has 2 saturated heterocycles. The molecule has 0 aromatic carbocycles. The lowest BCUT2D eigenvalue weighted by Gasteiger charge is -2.29. The highest BCUT2D eigenvalue weighted by Gasteiger charge is 2.52. The number of amides is 2. The third kappa shape index (κ3) is 4.62. The van der Waals surface area contributed by atoms with Gasteiger partial charge in [0.1, 0.15) is 6.04 Å². The van der Waals surface area contributed by atoms with E-state index in [1.54, 1.807) is 16.7 Å². The molecule has 2 atom stereocenters. The SMILES string of the molecule is CC12CCC(=O)N1C(C(=O)NCCCCCCCC(=O)O)CS2. The number of nitrogens with one attached hydrogen (secondary N) is 1. The normalized spacial score (nSPS) is 26.4. The van der Waals surface area contributed by atoms with Gasteiger partial charge in [-0.1, -0.05) is 19.3 Å². The van der Waals surface area contributed by atoms with E-state index in [0.29, 0.717) is 18.7 Å². The molecule has 0 aliphatic carbocycles. The number of thioether (sulfide) groups is 1. The van der Waals surface area contributed by atoms with Crippen LogP contribution in [0.25, 0.3) is 0 Å². The van der Waals surface area contributed by atoms with Gasteiger partial charge >= 0.3 is 5.97 Å². The molecule has 0 aromatic heterocycles. The Hall–Kier alpha value is -1.24. The maximum absolute atomic E-state index is 12.3. The number of carboxylic acids is 1. The minimum absolute atomic E-state index is 0.0395. The van der Waals surface area contributed by atoms with Crippen LogP contribution in [0.3, 0.4) is 0 Å². The number of hydrogen-bond acceptors (Lipinski definition) is 4. The number of aliphatic carboxylic acids is 1. The molecular formula is C16H26N2O4S. The van der Waals surface area contributed by atoms with Gasteiger partial charge in [0.15, 0.2) is 0 Å². The number of nitrogens with zero attached hydrogens (tertiary/aromatic N) is 1. The Bertz CT molecular complexity index is 471. The molecule has 0 bridgehead atoms. The van der Waals surface area contributed by atoms with Crippen molar-refractivity contribution in [2.75, 3.05) is 12.3 Å². The van der Waals surface area contributed by atoms with Gasteiger partial charge in [0.05, 0.1) is 4.87 Å². The molecule has 0 saturated carbocycles. The van der Waals surface area contributed by atoms with Crippen LogP contribution in [0.5, 0.6) is 0 Å². The Labute approximate surface area is 141 Å². The maximum Gasteiger partial charge on any atom is 0.303 e. The lowest BCUT2D eigenvalue weighted by atomic mass is 10.1. The highest BCUT2D eigenvalue weighted by atomic mass is 32.2. The fourth-order valence-electron chi connectivity index (χ4n) is 3.28. The molecule has 0 radical (unpaired) electrons. The van der Waals surface area contributed by atoms with E-state index in [1.807, 2.05) is 6.92 Å². The summed E-state index contributed by atoms with van der Waals surface area (Å²) < 4.78 is 0. The van der Waals surface area contributed by atoms with Gasteiger partial charge in [-0.25, -0.2) is 0 Å². The van der Waals surface area contributed by atoms with E-state index in [0.717, 1.165) is 38.5 Å². The summed E-state index contributed by atoms with van der Waals surface area (Å²) >= 11 is 1.71. The average molecular weight is 342 g/mol. The average Bonchev–Trinajstić information content (AvgIpc) is 2.98. The summed E-state index contributed by atoms with van der Waals surface area (Å²) in [7, 11) is 0. The third-order valence-corrected chi connectivity index (χ3v) is 6.12. The molecule has 23 heavy (non-hydrogen) atoms. The van der Waals surface area contributed by atoms with E-state index in [1.165, 1.54) is 0 Å². The van der Waals surface area contributed by atoms with Crippen LogP contribution in [0.4, 0.5) is 0 Å². The Morgan fingerprint density at radius 3 is 2.74 bits per heavy atom. The van der Waals surface area contributed by atoms with Gasteiger partial charge in [-0.2, -0.15) is 0 Å². The second kappa shape index (κ2) is 8.04. The van der Waals surface area contributed by atoms with Crippen LogP contribution in [-0.2, 0) is 14.4 Å². The molecule has 2 fully saturated rings. The number of fused-ring (bicyclic) bond motifs is 1. The Morgan fingerprint density at radius 2 is 2.00 bits per heavy atom. The van der Waals surface area contributed by atoms with Crippen molar-refractivity contribution in [3.63, 3.8) is 0 Å². The Balaban J connectivity index is 1.60. The van der Waals surface area contributed by atoms with E-state index in [-0.39, 0.29) is 29.1 Å². The van der Waals surface area contributed by atoms with Gasteiger partial charge in [-0.3, -0.25) is 14.4 Å². The highest BCUT2D eigenvalue weighted by molar-refractivity contribution is 8.01. The molecule has 2 rings (SSSR count). The zero-order chi connectivity index (χ0) is 16.9. The topological polar surface area (TPSA) is 86.7 Å². The quantitative estimate of drug-likeness (QED) is 0.626. The van der Waals surface area contributed by atoms with E-state index >= 15 is 0 Å². The minimum atomic E-state index is -0.741. The van der Waals surface area contributed by atoms with Crippen molar-refractivity contribution < 1.29 is 19.5 Å². The van der Waals surface area contributed by atoms with E-state index in [4.69, 9.17) is 5.11 Å². The molecule has 0 aromatic rings. The first-order valence-corrected chi connectivity index (χ1v) is 9.38. The van der Waals surface area contributed by atoms with Crippen molar-refractivity contribution in [2.45, 2.75) is 69.2 Å². The third-order valence-electron chi connectivity index (χ3n) is 4.61. The largest absolute Gasteiger partial charge is 0.481 e. The lowest BCUT2D eigenvalue weighted by Crippen LogP contribution is -2.50. The molecule has 7 heteroatoms. The predicted molar refractivity (Wildman–Crippen MR) is 89.1 cm³/mol. The van der Waals surface area contributed by atoms with E-state index in [2.05, 4.69) is 5.32 Å². The van der Waals surface area contributed by atoms with Crippen molar-refractivity contribution in [1.82, 2.24) is 10.2 Å². The van der Waals surface area contributed by atoms with Crippen molar-refractivity contribution >= 4 is 29.5 Å². The summed E-state index contributed by atoms with van der Waals surface area (Å²) in [6, 6.07) is -0.324. The molecule has 2 unspecified atom stereocenters. The molecule has 2 amide bonds. The fraction of sp³-hybridized carbons (Fsp3) is 0.812. The van der Waals surface area contributed by atoms with Crippen LogP contribution in [-0.4, -0.2) is 51.0 Å².